The Balaban J connectivity index is 2.28. The van der Waals surface area contributed by atoms with Gasteiger partial charge >= 0.3 is 5.97 Å². The number of carbonyl (C=O) groups is 1. The summed E-state index contributed by atoms with van der Waals surface area (Å²) in [4.78, 5) is 10.8. The lowest BCUT2D eigenvalue weighted by Crippen LogP contribution is -1.97. The number of carboxylic acid groups (broad SMARTS) is 1. The average molecular weight is 346 g/mol. The summed E-state index contributed by atoms with van der Waals surface area (Å²) >= 11 is 8.96. The van der Waals surface area contributed by atoms with Crippen molar-refractivity contribution in [2.75, 3.05) is 0 Å². The first kappa shape index (κ1) is 13.8. The molecular formula is C13H7BrClFO3. The molecule has 0 unspecified atom stereocenters. The minimum Gasteiger partial charge on any atom is -0.478 e. The smallest absolute Gasteiger partial charge is 0.337 e. The Morgan fingerprint density at radius 2 is 1.95 bits per heavy atom. The molecule has 0 heterocycles. The van der Waals surface area contributed by atoms with Gasteiger partial charge in [0.25, 0.3) is 0 Å². The maximum absolute atomic E-state index is 13.2. The summed E-state index contributed by atoms with van der Waals surface area (Å²) in [6.45, 7) is 0. The van der Waals surface area contributed by atoms with Crippen LogP contribution in [-0.2, 0) is 0 Å². The molecule has 0 aliphatic heterocycles. The molecule has 6 heteroatoms. The third kappa shape index (κ3) is 3.45. The van der Waals surface area contributed by atoms with Gasteiger partial charge in [0.05, 0.1) is 10.6 Å². The van der Waals surface area contributed by atoms with E-state index in [1.165, 1.54) is 30.3 Å². The van der Waals surface area contributed by atoms with Crippen molar-refractivity contribution in [1.29, 1.82) is 0 Å². The molecule has 0 fully saturated rings. The molecule has 0 radical (unpaired) electrons. The fourth-order valence-electron chi connectivity index (χ4n) is 1.46. The number of benzene rings is 2. The second-order valence-electron chi connectivity index (χ2n) is 3.65. The molecule has 2 aromatic rings. The lowest BCUT2D eigenvalue weighted by molar-refractivity contribution is 0.0697. The molecule has 2 aromatic carbocycles. The van der Waals surface area contributed by atoms with Crippen molar-refractivity contribution < 1.29 is 19.0 Å². The summed E-state index contributed by atoms with van der Waals surface area (Å²) in [6, 6.07) is 8.24. The predicted octanol–water partition coefficient (Wildman–Crippen LogP) is 4.73. The van der Waals surface area contributed by atoms with E-state index in [0.717, 1.165) is 0 Å². The third-order valence-corrected chi connectivity index (χ3v) is 3.01. The number of hydrogen-bond donors (Lipinski definition) is 1. The van der Waals surface area contributed by atoms with Gasteiger partial charge in [0.15, 0.2) is 0 Å². The van der Waals surface area contributed by atoms with Gasteiger partial charge in [-0.3, -0.25) is 0 Å². The van der Waals surface area contributed by atoms with Gasteiger partial charge in [-0.2, -0.15) is 0 Å². The van der Waals surface area contributed by atoms with E-state index in [9.17, 15) is 9.18 Å². The second kappa shape index (κ2) is 5.59. The minimum atomic E-state index is -1.12. The van der Waals surface area contributed by atoms with Crippen LogP contribution >= 0.6 is 27.5 Å². The standard InChI is InChI=1S/C13H7BrClFO3/c14-7-3-8(16)5-10(4-7)19-9-1-2-11(13(17)18)12(15)6-9/h1-6H,(H,17,18). The summed E-state index contributed by atoms with van der Waals surface area (Å²) in [7, 11) is 0. The summed E-state index contributed by atoms with van der Waals surface area (Å²) < 4.78 is 19.1. The maximum Gasteiger partial charge on any atom is 0.337 e. The highest BCUT2D eigenvalue weighted by Gasteiger charge is 2.10. The third-order valence-electron chi connectivity index (χ3n) is 2.24. The highest BCUT2D eigenvalue weighted by Crippen LogP contribution is 2.29. The monoisotopic (exact) mass is 344 g/mol. The molecule has 0 amide bonds. The molecule has 1 N–H and O–H groups in total. The van der Waals surface area contributed by atoms with E-state index in [2.05, 4.69) is 15.9 Å². The van der Waals surface area contributed by atoms with Crippen LogP contribution in [0.1, 0.15) is 10.4 Å². The van der Waals surface area contributed by atoms with Gasteiger partial charge in [-0.15, -0.1) is 0 Å². The Morgan fingerprint density at radius 3 is 2.53 bits per heavy atom. The predicted molar refractivity (Wildman–Crippen MR) is 72.6 cm³/mol. The molecule has 0 spiro atoms. The molecule has 0 aliphatic rings. The zero-order chi connectivity index (χ0) is 14.0. The van der Waals surface area contributed by atoms with Crippen molar-refractivity contribution in [2.45, 2.75) is 0 Å². The first-order valence-corrected chi connectivity index (χ1v) is 6.29. The first-order chi connectivity index (χ1) is 8.95. The molecule has 0 bridgehead atoms. The van der Waals surface area contributed by atoms with Gasteiger partial charge < -0.3 is 9.84 Å². The van der Waals surface area contributed by atoms with E-state index in [-0.39, 0.29) is 16.3 Å². The minimum absolute atomic E-state index is 0.0190. The van der Waals surface area contributed by atoms with Crippen LogP contribution in [0.5, 0.6) is 11.5 Å². The van der Waals surface area contributed by atoms with Gasteiger partial charge in [0, 0.05) is 16.6 Å². The van der Waals surface area contributed by atoms with Crippen LogP contribution in [0.2, 0.25) is 5.02 Å². The Bertz CT molecular complexity index is 626. The first-order valence-electron chi connectivity index (χ1n) is 5.12. The molecule has 0 aliphatic carbocycles. The summed E-state index contributed by atoms with van der Waals surface area (Å²) in [5.74, 6) is -0.957. The average Bonchev–Trinajstić information content (AvgIpc) is 2.26. The van der Waals surface area contributed by atoms with Crippen LogP contribution in [-0.4, -0.2) is 11.1 Å². The maximum atomic E-state index is 13.2. The Labute approximate surface area is 121 Å². The van der Waals surface area contributed by atoms with Crippen molar-refractivity contribution in [2.24, 2.45) is 0 Å². The van der Waals surface area contributed by atoms with Gasteiger partial charge in [-0.05, 0) is 24.3 Å². The number of aromatic carboxylic acids is 1. The zero-order valence-electron chi connectivity index (χ0n) is 9.36. The van der Waals surface area contributed by atoms with Crippen molar-refractivity contribution in [1.82, 2.24) is 0 Å². The Hall–Kier alpha value is -1.59. The highest BCUT2D eigenvalue weighted by atomic mass is 79.9. The van der Waals surface area contributed by atoms with Crippen molar-refractivity contribution in [3.63, 3.8) is 0 Å². The van der Waals surface area contributed by atoms with Crippen molar-refractivity contribution >= 4 is 33.5 Å². The van der Waals surface area contributed by atoms with Gasteiger partial charge in [0.1, 0.15) is 17.3 Å². The lowest BCUT2D eigenvalue weighted by Gasteiger charge is -2.07. The van der Waals surface area contributed by atoms with Crippen LogP contribution in [0.3, 0.4) is 0 Å². The van der Waals surface area contributed by atoms with Crippen LogP contribution < -0.4 is 4.74 Å². The van der Waals surface area contributed by atoms with E-state index in [1.807, 2.05) is 0 Å². The molecule has 0 aromatic heterocycles. The molecule has 2 rings (SSSR count). The summed E-state index contributed by atoms with van der Waals surface area (Å²) in [6.07, 6.45) is 0. The molecular weight excluding hydrogens is 338 g/mol. The van der Waals surface area contributed by atoms with E-state index in [4.69, 9.17) is 21.4 Å². The van der Waals surface area contributed by atoms with E-state index in [1.54, 1.807) is 6.07 Å². The molecule has 0 saturated heterocycles. The van der Waals surface area contributed by atoms with E-state index < -0.39 is 11.8 Å². The SMILES string of the molecule is O=C(O)c1ccc(Oc2cc(F)cc(Br)c2)cc1Cl. The van der Waals surface area contributed by atoms with Crippen LogP contribution in [0, 0.1) is 5.82 Å². The second-order valence-corrected chi connectivity index (χ2v) is 4.98. The lowest BCUT2D eigenvalue weighted by atomic mass is 10.2. The summed E-state index contributed by atoms with van der Waals surface area (Å²) in [5.41, 5.74) is -0.0190. The van der Waals surface area contributed by atoms with E-state index in [0.29, 0.717) is 10.2 Å². The quantitative estimate of drug-likeness (QED) is 0.874. The molecule has 19 heavy (non-hydrogen) atoms. The number of hydrogen-bond acceptors (Lipinski definition) is 2. The molecule has 98 valence electrons. The molecule has 0 saturated carbocycles. The Morgan fingerprint density at radius 1 is 1.21 bits per heavy atom. The van der Waals surface area contributed by atoms with Crippen LogP contribution in [0.4, 0.5) is 4.39 Å². The van der Waals surface area contributed by atoms with Crippen molar-refractivity contribution in [3.05, 3.63) is 57.3 Å². The number of halogens is 3. The highest BCUT2D eigenvalue weighted by molar-refractivity contribution is 9.10. The normalized spacial score (nSPS) is 10.3. The number of ether oxygens (including phenoxy) is 1. The summed E-state index contributed by atoms with van der Waals surface area (Å²) in [5, 5.41) is 8.89. The largest absolute Gasteiger partial charge is 0.478 e. The molecule has 0 atom stereocenters. The van der Waals surface area contributed by atoms with Crippen molar-refractivity contribution in [3.8, 4) is 11.5 Å². The fourth-order valence-corrected chi connectivity index (χ4v) is 2.15. The van der Waals surface area contributed by atoms with Crippen LogP contribution in [0.25, 0.3) is 0 Å². The number of carboxylic acids is 1. The van der Waals surface area contributed by atoms with Gasteiger partial charge in [-0.25, -0.2) is 9.18 Å². The topological polar surface area (TPSA) is 46.5 Å². The zero-order valence-corrected chi connectivity index (χ0v) is 11.7. The van der Waals surface area contributed by atoms with Gasteiger partial charge in [-0.1, -0.05) is 27.5 Å². The fraction of sp³-hybridized carbons (Fsp3) is 0. The van der Waals surface area contributed by atoms with Gasteiger partial charge in [0.2, 0.25) is 0 Å². The molecule has 3 nitrogen and oxygen atoms in total. The Kier molecular flexibility index (Phi) is 4.07. The van der Waals surface area contributed by atoms with E-state index >= 15 is 0 Å². The number of rotatable bonds is 3. The van der Waals surface area contributed by atoms with Crippen LogP contribution in [0.15, 0.2) is 40.9 Å².